The summed E-state index contributed by atoms with van der Waals surface area (Å²) >= 11 is 0. The Labute approximate surface area is 284 Å². The Bertz CT molecular complexity index is 1100. The van der Waals surface area contributed by atoms with Crippen molar-refractivity contribution >= 4 is 5.69 Å². The molecule has 2 aliphatic rings. The molecule has 2 heterocycles. The van der Waals surface area contributed by atoms with Crippen molar-refractivity contribution in [2.45, 2.75) is 125 Å². The van der Waals surface area contributed by atoms with Crippen LogP contribution in [0.5, 0.6) is 11.5 Å². The summed E-state index contributed by atoms with van der Waals surface area (Å²) in [6.45, 7) is 25.4. The van der Waals surface area contributed by atoms with Gasteiger partial charge in [0.25, 0.3) is 0 Å². The van der Waals surface area contributed by atoms with Crippen LogP contribution in [0.1, 0.15) is 122 Å². The first kappa shape index (κ1) is 39.7. The van der Waals surface area contributed by atoms with Gasteiger partial charge in [0.15, 0.2) is 6.73 Å². The number of nitrogens with one attached hydrogen (secondary N) is 1. The average Bonchev–Trinajstić information content (AvgIpc) is 3.67. The molecule has 5 heteroatoms. The zero-order chi connectivity index (χ0) is 33.7. The van der Waals surface area contributed by atoms with Crippen molar-refractivity contribution in [3.05, 3.63) is 65.7 Å². The van der Waals surface area contributed by atoms with Gasteiger partial charge in [-0.3, -0.25) is 4.90 Å². The van der Waals surface area contributed by atoms with Gasteiger partial charge < -0.3 is 19.7 Å². The molecular formula is C41H69N3O2. The molecule has 46 heavy (non-hydrogen) atoms. The van der Waals surface area contributed by atoms with E-state index in [-0.39, 0.29) is 0 Å². The predicted molar refractivity (Wildman–Crippen MR) is 201 cm³/mol. The van der Waals surface area contributed by atoms with Crippen molar-refractivity contribution in [3.63, 3.8) is 0 Å². The van der Waals surface area contributed by atoms with E-state index in [4.69, 9.17) is 9.47 Å². The lowest BCUT2D eigenvalue weighted by Gasteiger charge is -2.23. The fraction of sp³-hybridized carbons (Fsp3) is 0.659. The highest BCUT2D eigenvalue weighted by Crippen LogP contribution is 2.38. The van der Waals surface area contributed by atoms with Crippen LogP contribution in [0.4, 0.5) is 5.69 Å². The van der Waals surface area contributed by atoms with Crippen LogP contribution in [0.3, 0.4) is 0 Å². The minimum Gasteiger partial charge on any atom is -0.493 e. The third-order valence-corrected chi connectivity index (χ3v) is 8.86. The third kappa shape index (κ3) is 14.1. The van der Waals surface area contributed by atoms with E-state index in [0.29, 0.717) is 18.7 Å². The van der Waals surface area contributed by atoms with Gasteiger partial charge in [0.2, 0.25) is 0 Å². The Morgan fingerprint density at radius 3 is 2.50 bits per heavy atom. The van der Waals surface area contributed by atoms with Crippen LogP contribution in [-0.4, -0.2) is 62.4 Å². The number of nitrogens with zero attached hydrogens (tertiary/aromatic N) is 2. The van der Waals surface area contributed by atoms with E-state index >= 15 is 0 Å². The molecular weight excluding hydrogens is 566 g/mol. The van der Waals surface area contributed by atoms with Crippen molar-refractivity contribution in [1.82, 2.24) is 9.80 Å². The molecule has 2 atom stereocenters. The molecule has 0 aliphatic carbocycles. The van der Waals surface area contributed by atoms with E-state index in [2.05, 4.69) is 114 Å². The predicted octanol–water partition coefficient (Wildman–Crippen LogP) is 10.5. The largest absolute Gasteiger partial charge is 0.493 e. The van der Waals surface area contributed by atoms with Crippen LogP contribution in [0.25, 0.3) is 0 Å². The smallest absolute Gasteiger partial charge is 0.159 e. The molecule has 0 amide bonds. The van der Waals surface area contributed by atoms with Gasteiger partial charge in [0.05, 0.1) is 12.3 Å². The van der Waals surface area contributed by atoms with Crippen LogP contribution in [0.2, 0.25) is 0 Å². The average molecular weight is 636 g/mol. The molecule has 0 bridgehead atoms. The van der Waals surface area contributed by atoms with E-state index < -0.39 is 0 Å². The Kier molecular flexibility index (Phi) is 19.8. The molecule has 2 aromatic carbocycles. The van der Waals surface area contributed by atoms with Crippen molar-refractivity contribution in [2.24, 2.45) is 5.92 Å². The first-order chi connectivity index (χ1) is 22.3. The highest BCUT2D eigenvalue weighted by molar-refractivity contribution is 5.60. The number of anilines is 1. The Balaban J connectivity index is 0.000000413. The molecule has 0 radical (unpaired) electrons. The number of para-hydroxylation sites is 1. The van der Waals surface area contributed by atoms with Gasteiger partial charge in [-0.15, -0.1) is 6.58 Å². The lowest BCUT2D eigenvalue weighted by atomic mass is 9.93. The second kappa shape index (κ2) is 22.9. The summed E-state index contributed by atoms with van der Waals surface area (Å²) in [4.78, 5) is 5.04. The number of hydrogen-bond acceptors (Lipinski definition) is 5. The minimum absolute atomic E-state index is 0.539. The normalized spacial score (nSPS) is 17.0. The van der Waals surface area contributed by atoms with Gasteiger partial charge in [-0.1, -0.05) is 91.1 Å². The number of likely N-dealkylation sites (tertiary alicyclic amines) is 1. The second-order valence-electron chi connectivity index (χ2n) is 13.8. The number of ether oxygens (including phenoxy) is 2. The summed E-state index contributed by atoms with van der Waals surface area (Å²) in [5.41, 5.74) is 5.08. The van der Waals surface area contributed by atoms with Gasteiger partial charge in [-0.25, -0.2) is 0 Å². The summed E-state index contributed by atoms with van der Waals surface area (Å²) in [5.74, 6) is 3.50. The maximum absolute atomic E-state index is 6.18. The molecule has 2 aromatic rings. The Morgan fingerprint density at radius 2 is 1.80 bits per heavy atom. The summed E-state index contributed by atoms with van der Waals surface area (Å²) in [6, 6.07) is 13.8. The van der Waals surface area contributed by atoms with Crippen LogP contribution in [-0.2, 0) is 6.42 Å². The molecule has 260 valence electrons. The summed E-state index contributed by atoms with van der Waals surface area (Å²) < 4.78 is 11.9. The minimum atomic E-state index is 0.539. The summed E-state index contributed by atoms with van der Waals surface area (Å²) in [7, 11) is 2.23. The van der Waals surface area contributed by atoms with E-state index in [1.807, 2.05) is 6.08 Å². The molecule has 2 unspecified atom stereocenters. The fourth-order valence-corrected chi connectivity index (χ4v) is 6.23. The molecule has 0 saturated carbocycles. The van der Waals surface area contributed by atoms with Crippen molar-refractivity contribution < 1.29 is 9.47 Å². The van der Waals surface area contributed by atoms with Crippen LogP contribution in [0.15, 0.2) is 49.1 Å². The maximum Gasteiger partial charge on any atom is 0.159 e. The molecule has 1 fully saturated rings. The lowest BCUT2D eigenvalue weighted by Crippen LogP contribution is -2.30. The van der Waals surface area contributed by atoms with Crippen LogP contribution < -0.4 is 14.8 Å². The van der Waals surface area contributed by atoms with Crippen molar-refractivity contribution in [3.8, 4) is 11.5 Å². The number of rotatable bonds is 17. The van der Waals surface area contributed by atoms with Gasteiger partial charge in [-0.2, -0.15) is 0 Å². The van der Waals surface area contributed by atoms with Crippen LogP contribution >= 0.6 is 0 Å². The third-order valence-electron chi connectivity index (χ3n) is 8.86. The monoisotopic (exact) mass is 636 g/mol. The van der Waals surface area contributed by atoms with Gasteiger partial charge >= 0.3 is 0 Å². The second-order valence-corrected chi connectivity index (χ2v) is 13.8. The maximum atomic E-state index is 6.18. The van der Waals surface area contributed by atoms with E-state index in [0.717, 1.165) is 68.5 Å². The standard InChI is InChI=1S/C27H36N2O2.C11H25N.C3H8/c1-4-6-15-30-27-20(3)8-7-9-21(27)10-12-24-16-23(18-29(24)14-5-2)22-11-13-25-26(17-22)31-19-28-25;1-5-6-9-12(4)10-7-8-11(2)3;1-3-2/h5,7-9,11,13,17,23-24,28H,2,4,6,10,12,14-16,18-19H2,1,3H3;11H,5-10H2,1-4H3;3H2,1-2H3. The van der Waals surface area contributed by atoms with E-state index in [1.54, 1.807) is 0 Å². The molecule has 0 spiro atoms. The Morgan fingerprint density at radius 1 is 1.07 bits per heavy atom. The fourth-order valence-electron chi connectivity index (χ4n) is 6.23. The summed E-state index contributed by atoms with van der Waals surface area (Å²) in [6.07, 6.45) is 14.3. The number of hydrogen-bond donors (Lipinski definition) is 1. The number of benzene rings is 2. The van der Waals surface area contributed by atoms with Gasteiger partial charge in [0.1, 0.15) is 11.5 Å². The SMILES string of the molecule is C=CCN1CC(c2ccc3c(c2)OCN3)CC1CCc1cccc(C)c1OCCCC.CCC.CCCCN(C)CCCC(C)C. The quantitative estimate of drug-likeness (QED) is 0.138. The number of fused-ring (bicyclic) bond motifs is 1. The molecule has 4 rings (SSSR count). The molecule has 5 nitrogen and oxygen atoms in total. The molecule has 2 aliphatic heterocycles. The van der Waals surface area contributed by atoms with Crippen LogP contribution in [0, 0.1) is 12.8 Å². The topological polar surface area (TPSA) is 37.0 Å². The number of unbranched alkanes of at least 4 members (excludes halogenated alkanes) is 2. The highest BCUT2D eigenvalue weighted by atomic mass is 16.5. The zero-order valence-electron chi connectivity index (χ0n) is 31.0. The number of aryl methyl sites for hydroxylation is 2. The Hall–Kier alpha value is -2.50. The highest BCUT2D eigenvalue weighted by Gasteiger charge is 2.32. The van der Waals surface area contributed by atoms with E-state index in [1.165, 1.54) is 68.3 Å². The van der Waals surface area contributed by atoms with Crippen molar-refractivity contribution in [1.29, 1.82) is 0 Å². The first-order valence-electron chi connectivity index (χ1n) is 18.5. The van der Waals surface area contributed by atoms with Gasteiger partial charge in [-0.05, 0) is 113 Å². The molecule has 1 saturated heterocycles. The zero-order valence-corrected chi connectivity index (χ0v) is 31.0. The molecule has 0 aromatic heterocycles. The van der Waals surface area contributed by atoms with Gasteiger partial charge in [0, 0.05) is 19.1 Å². The van der Waals surface area contributed by atoms with E-state index in [9.17, 15) is 0 Å². The van der Waals surface area contributed by atoms with Crippen molar-refractivity contribution in [2.75, 3.05) is 51.9 Å². The lowest BCUT2D eigenvalue weighted by molar-refractivity contribution is 0.265. The first-order valence-corrected chi connectivity index (χ1v) is 18.5. The molecule has 1 N–H and O–H groups in total. The summed E-state index contributed by atoms with van der Waals surface area (Å²) in [5, 5.41) is 3.26.